The van der Waals surface area contributed by atoms with Gasteiger partial charge in [-0.2, -0.15) is 0 Å². The zero-order valence-corrected chi connectivity index (χ0v) is 14.9. The topological polar surface area (TPSA) is 46.3 Å². The van der Waals surface area contributed by atoms with Gasteiger partial charge in [-0.05, 0) is 43.4 Å². The predicted molar refractivity (Wildman–Crippen MR) is 93.8 cm³/mol. The van der Waals surface area contributed by atoms with Crippen LogP contribution in [0, 0.1) is 5.82 Å². The van der Waals surface area contributed by atoms with Gasteiger partial charge in [0.2, 0.25) is 5.91 Å². The highest BCUT2D eigenvalue weighted by Gasteiger charge is 2.30. The van der Waals surface area contributed by atoms with E-state index >= 15 is 0 Å². The van der Waals surface area contributed by atoms with E-state index in [-0.39, 0.29) is 17.8 Å². The van der Waals surface area contributed by atoms with Gasteiger partial charge in [-0.15, -0.1) is 0 Å². The maximum Gasteiger partial charge on any atom is 0.227 e. The van der Waals surface area contributed by atoms with E-state index < -0.39 is 0 Å². The molecule has 3 rings (SSSR count). The Morgan fingerprint density at radius 2 is 2.20 bits per heavy atom. The number of hydrogen-bond donors (Lipinski definition) is 0. The summed E-state index contributed by atoms with van der Waals surface area (Å²) in [6.07, 6.45) is 4.51. The van der Waals surface area contributed by atoms with Crippen molar-refractivity contribution in [1.82, 2.24) is 10.1 Å². The number of likely N-dealkylation sites (tertiary alicyclic amines) is 1. The summed E-state index contributed by atoms with van der Waals surface area (Å²) < 4.78 is 18.8. The zero-order chi connectivity index (χ0) is 17.8. The molecule has 1 aromatic carbocycles. The van der Waals surface area contributed by atoms with E-state index in [1.165, 1.54) is 6.07 Å². The largest absolute Gasteiger partial charge is 0.361 e. The summed E-state index contributed by atoms with van der Waals surface area (Å²) in [4.78, 5) is 14.9. The molecule has 0 spiro atoms. The van der Waals surface area contributed by atoms with Gasteiger partial charge in [0.25, 0.3) is 0 Å². The fourth-order valence-corrected chi connectivity index (χ4v) is 3.70. The number of carbonyl (C=O) groups is 1. The summed E-state index contributed by atoms with van der Waals surface area (Å²) in [6, 6.07) is 6.80. The van der Waals surface area contributed by atoms with Crippen LogP contribution in [0.4, 0.5) is 4.39 Å². The number of hydrogen-bond acceptors (Lipinski definition) is 3. The van der Waals surface area contributed by atoms with Gasteiger partial charge in [0.15, 0.2) is 0 Å². The summed E-state index contributed by atoms with van der Waals surface area (Å²) in [7, 11) is 0. The minimum absolute atomic E-state index is 0.117. The first-order valence-corrected chi connectivity index (χ1v) is 9.12. The summed E-state index contributed by atoms with van der Waals surface area (Å²) in [5, 5.41) is 4.09. The van der Waals surface area contributed by atoms with Crippen molar-refractivity contribution in [3.8, 4) is 0 Å². The smallest absolute Gasteiger partial charge is 0.227 e. The first-order valence-electron chi connectivity index (χ1n) is 9.12. The normalized spacial score (nSPS) is 17.2. The van der Waals surface area contributed by atoms with Crippen LogP contribution in [0.1, 0.15) is 49.3 Å². The number of benzene rings is 1. The molecule has 1 fully saturated rings. The number of nitrogens with zero attached hydrogens (tertiary/aromatic N) is 2. The van der Waals surface area contributed by atoms with Crippen LogP contribution in [0.3, 0.4) is 0 Å². The van der Waals surface area contributed by atoms with E-state index in [0.29, 0.717) is 12.8 Å². The molecule has 1 saturated heterocycles. The molecule has 0 N–H and O–H groups in total. The van der Waals surface area contributed by atoms with Crippen molar-refractivity contribution in [2.45, 2.75) is 58.4 Å². The molecule has 5 heteroatoms. The Kier molecular flexibility index (Phi) is 5.51. The van der Waals surface area contributed by atoms with Crippen molar-refractivity contribution in [3.63, 3.8) is 0 Å². The lowest BCUT2D eigenvalue weighted by molar-refractivity contribution is -0.131. The molecule has 1 unspecified atom stereocenters. The molecule has 1 atom stereocenters. The van der Waals surface area contributed by atoms with Crippen LogP contribution in [0.5, 0.6) is 0 Å². The lowest BCUT2D eigenvalue weighted by Gasteiger charge is -2.25. The van der Waals surface area contributed by atoms with Gasteiger partial charge < -0.3 is 9.42 Å². The molecule has 134 valence electrons. The van der Waals surface area contributed by atoms with E-state index in [1.807, 2.05) is 24.8 Å². The van der Waals surface area contributed by atoms with Crippen LogP contribution in [0.2, 0.25) is 0 Å². The molecule has 0 saturated carbocycles. The van der Waals surface area contributed by atoms with Crippen LogP contribution in [-0.4, -0.2) is 28.6 Å². The van der Waals surface area contributed by atoms with Gasteiger partial charge in [-0.3, -0.25) is 4.79 Å². The highest BCUT2D eigenvalue weighted by Crippen LogP contribution is 2.24. The van der Waals surface area contributed by atoms with Crippen LogP contribution in [0.25, 0.3) is 0 Å². The minimum Gasteiger partial charge on any atom is -0.361 e. The molecule has 2 heterocycles. The molecule has 25 heavy (non-hydrogen) atoms. The summed E-state index contributed by atoms with van der Waals surface area (Å²) in [5.74, 6) is 0.704. The number of rotatable bonds is 6. The van der Waals surface area contributed by atoms with Crippen molar-refractivity contribution in [2.75, 3.05) is 6.54 Å². The highest BCUT2D eigenvalue weighted by molar-refractivity contribution is 5.80. The quantitative estimate of drug-likeness (QED) is 0.802. The zero-order valence-electron chi connectivity index (χ0n) is 14.9. The Bertz CT molecular complexity index is 720. The van der Waals surface area contributed by atoms with E-state index in [2.05, 4.69) is 5.16 Å². The SMILES string of the molecule is CCc1noc(CC)c1CC(=O)N1CCCC1Cc1cccc(F)c1. The third kappa shape index (κ3) is 3.91. The molecule has 1 aliphatic heterocycles. The monoisotopic (exact) mass is 344 g/mol. The van der Waals surface area contributed by atoms with Gasteiger partial charge in [-0.25, -0.2) is 4.39 Å². The molecule has 2 aromatic rings. The number of halogens is 1. The van der Waals surface area contributed by atoms with Crippen molar-refractivity contribution >= 4 is 5.91 Å². The van der Waals surface area contributed by atoms with Crippen molar-refractivity contribution in [2.24, 2.45) is 0 Å². The van der Waals surface area contributed by atoms with Gasteiger partial charge in [0.05, 0.1) is 12.1 Å². The van der Waals surface area contributed by atoms with E-state index in [4.69, 9.17) is 4.52 Å². The lowest BCUT2D eigenvalue weighted by Crippen LogP contribution is -2.38. The summed E-state index contributed by atoms with van der Waals surface area (Å²) >= 11 is 0. The van der Waals surface area contributed by atoms with Gasteiger partial charge in [0.1, 0.15) is 11.6 Å². The Balaban J connectivity index is 1.72. The van der Waals surface area contributed by atoms with Gasteiger partial charge >= 0.3 is 0 Å². The first kappa shape index (κ1) is 17.6. The van der Waals surface area contributed by atoms with Crippen LogP contribution in [0.15, 0.2) is 28.8 Å². The van der Waals surface area contributed by atoms with Crippen molar-refractivity contribution in [1.29, 1.82) is 0 Å². The molecular weight excluding hydrogens is 319 g/mol. The average molecular weight is 344 g/mol. The molecule has 4 nitrogen and oxygen atoms in total. The number of aromatic nitrogens is 1. The average Bonchev–Trinajstić information content (AvgIpc) is 3.21. The van der Waals surface area contributed by atoms with E-state index in [0.717, 1.165) is 54.8 Å². The van der Waals surface area contributed by atoms with Crippen molar-refractivity contribution in [3.05, 3.63) is 52.7 Å². The molecule has 0 bridgehead atoms. The molecule has 1 amide bonds. The van der Waals surface area contributed by atoms with Gasteiger partial charge in [0, 0.05) is 24.6 Å². The highest BCUT2D eigenvalue weighted by atomic mass is 19.1. The Morgan fingerprint density at radius 1 is 1.36 bits per heavy atom. The maximum absolute atomic E-state index is 13.4. The van der Waals surface area contributed by atoms with E-state index in [1.54, 1.807) is 12.1 Å². The summed E-state index contributed by atoms with van der Waals surface area (Å²) in [5.41, 5.74) is 2.77. The molecule has 1 aromatic heterocycles. The fraction of sp³-hybridized carbons (Fsp3) is 0.500. The molecule has 1 aliphatic rings. The number of amides is 1. The second-order valence-corrected chi connectivity index (χ2v) is 6.63. The first-order chi connectivity index (χ1) is 12.1. The number of carbonyl (C=O) groups excluding carboxylic acids is 1. The molecule has 0 radical (unpaired) electrons. The second-order valence-electron chi connectivity index (χ2n) is 6.63. The fourth-order valence-electron chi connectivity index (χ4n) is 3.70. The van der Waals surface area contributed by atoms with Crippen molar-refractivity contribution < 1.29 is 13.7 Å². The van der Waals surface area contributed by atoms with Crippen LogP contribution >= 0.6 is 0 Å². The van der Waals surface area contributed by atoms with E-state index in [9.17, 15) is 9.18 Å². The minimum atomic E-state index is -0.224. The standard InChI is InChI=1S/C20H25FN2O2/c1-3-18-17(19(4-2)25-22-18)13-20(24)23-10-6-9-16(23)12-14-7-5-8-15(21)11-14/h5,7-8,11,16H,3-4,6,9-10,12-13H2,1-2H3. The molecule has 0 aliphatic carbocycles. The Morgan fingerprint density at radius 3 is 2.92 bits per heavy atom. The molecular formula is C20H25FN2O2. The van der Waals surface area contributed by atoms with Gasteiger partial charge in [-0.1, -0.05) is 31.1 Å². The third-order valence-electron chi connectivity index (χ3n) is 4.99. The lowest BCUT2D eigenvalue weighted by atomic mass is 10.0. The Labute approximate surface area is 148 Å². The predicted octanol–water partition coefficient (Wildman–Crippen LogP) is 3.71. The third-order valence-corrected chi connectivity index (χ3v) is 4.99. The number of aryl methyl sites for hydroxylation is 2. The second kappa shape index (κ2) is 7.81. The van der Waals surface area contributed by atoms with Crippen LogP contribution < -0.4 is 0 Å². The summed E-state index contributed by atoms with van der Waals surface area (Å²) in [6.45, 7) is 4.80. The maximum atomic E-state index is 13.4. The van der Waals surface area contributed by atoms with Crippen LogP contribution in [-0.2, 0) is 30.5 Å². The Hall–Kier alpha value is -2.17.